The Morgan fingerprint density at radius 3 is 2.68 bits per heavy atom. The summed E-state index contributed by atoms with van der Waals surface area (Å²) in [6.07, 6.45) is 0. The molecule has 0 bridgehead atoms. The molecule has 0 saturated carbocycles. The molecule has 5 nitrogen and oxygen atoms in total. The summed E-state index contributed by atoms with van der Waals surface area (Å²) in [6.45, 7) is 6.68. The Bertz CT molecular complexity index is 647. The highest BCUT2D eigenvalue weighted by Gasteiger charge is 2.24. The molecule has 0 aliphatic heterocycles. The van der Waals surface area contributed by atoms with E-state index >= 15 is 0 Å². The molecular formula is C16H22N4OS. The summed E-state index contributed by atoms with van der Waals surface area (Å²) in [4.78, 5) is 6.42. The topological polar surface area (TPSA) is 65.1 Å². The van der Waals surface area contributed by atoms with Crippen LogP contribution in [0.2, 0.25) is 0 Å². The summed E-state index contributed by atoms with van der Waals surface area (Å²) in [5, 5.41) is 16.7. The molecule has 0 aliphatic rings. The van der Waals surface area contributed by atoms with Gasteiger partial charge in [0.25, 0.3) is 0 Å². The Hall–Kier alpha value is -1.84. The number of hydrogen-bond donors (Lipinski definition) is 1. The normalized spacial score (nSPS) is 13.1. The predicted octanol–water partition coefficient (Wildman–Crippen LogP) is 3.62. The van der Waals surface area contributed by atoms with E-state index in [1.165, 1.54) is 5.56 Å². The molecular weight excluding hydrogens is 296 g/mol. The third kappa shape index (κ3) is 3.67. The van der Waals surface area contributed by atoms with E-state index in [0.29, 0.717) is 24.0 Å². The largest absolute Gasteiger partial charge is 0.423 e. The molecule has 1 unspecified atom stereocenters. The van der Waals surface area contributed by atoms with Crippen LogP contribution in [0.25, 0.3) is 0 Å². The highest BCUT2D eigenvalue weighted by Crippen LogP contribution is 2.28. The van der Waals surface area contributed by atoms with Crippen molar-refractivity contribution in [2.45, 2.75) is 32.2 Å². The third-order valence-electron chi connectivity index (χ3n) is 3.38. The van der Waals surface area contributed by atoms with E-state index in [2.05, 4.69) is 38.1 Å². The molecule has 2 aromatic heterocycles. The van der Waals surface area contributed by atoms with Crippen molar-refractivity contribution in [1.29, 1.82) is 5.26 Å². The Labute approximate surface area is 135 Å². The van der Waals surface area contributed by atoms with Crippen molar-refractivity contribution >= 4 is 17.2 Å². The predicted molar refractivity (Wildman–Crippen MR) is 89.2 cm³/mol. The summed E-state index contributed by atoms with van der Waals surface area (Å²) in [5.41, 5.74) is 1.34. The number of anilines is 1. The summed E-state index contributed by atoms with van der Waals surface area (Å²) in [5.74, 6) is 1.03. The monoisotopic (exact) mass is 318 g/mol. The van der Waals surface area contributed by atoms with Gasteiger partial charge in [-0.3, -0.25) is 0 Å². The van der Waals surface area contributed by atoms with E-state index in [1.807, 2.05) is 34.9 Å². The Balaban J connectivity index is 2.17. The highest BCUT2D eigenvalue weighted by molar-refractivity contribution is 7.07. The first-order valence-corrected chi connectivity index (χ1v) is 8.11. The van der Waals surface area contributed by atoms with Crippen molar-refractivity contribution in [2.75, 3.05) is 26.0 Å². The van der Waals surface area contributed by atoms with Gasteiger partial charge in [-0.25, -0.2) is 0 Å². The molecule has 6 heteroatoms. The van der Waals surface area contributed by atoms with E-state index < -0.39 is 0 Å². The maximum absolute atomic E-state index is 9.23. The molecule has 0 aromatic carbocycles. The van der Waals surface area contributed by atoms with Gasteiger partial charge in [0.05, 0.1) is 6.04 Å². The Kier molecular flexibility index (Phi) is 4.89. The zero-order valence-corrected chi connectivity index (χ0v) is 14.5. The minimum Gasteiger partial charge on any atom is -0.423 e. The zero-order valence-electron chi connectivity index (χ0n) is 13.7. The Morgan fingerprint density at radius 2 is 2.18 bits per heavy atom. The summed E-state index contributed by atoms with van der Waals surface area (Å²) in [6, 6.07) is 4.42. The summed E-state index contributed by atoms with van der Waals surface area (Å²) >= 11 is 1.68. The van der Waals surface area contributed by atoms with Crippen molar-refractivity contribution in [3.05, 3.63) is 34.0 Å². The Morgan fingerprint density at radius 1 is 1.45 bits per heavy atom. The van der Waals surface area contributed by atoms with Gasteiger partial charge < -0.3 is 14.6 Å². The molecule has 2 heterocycles. The van der Waals surface area contributed by atoms with Gasteiger partial charge >= 0.3 is 0 Å². The molecule has 118 valence electrons. The third-order valence-corrected chi connectivity index (χ3v) is 4.08. The van der Waals surface area contributed by atoms with Crippen molar-refractivity contribution in [3.63, 3.8) is 0 Å². The summed E-state index contributed by atoms with van der Waals surface area (Å²) < 4.78 is 5.76. The maximum Gasteiger partial charge on any atom is 0.232 e. The van der Waals surface area contributed by atoms with Gasteiger partial charge in [0, 0.05) is 12.0 Å². The average Bonchev–Trinajstić information content (AvgIpc) is 3.06. The first-order chi connectivity index (χ1) is 10.3. The lowest BCUT2D eigenvalue weighted by molar-refractivity contribution is 0.310. The van der Waals surface area contributed by atoms with Crippen LogP contribution in [0.3, 0.4) is 0 Å². The van der Waals surface area contributed by atoms with Crippen molar-refractivity contribution < 1.29 is 4.42 Å². The number of thiophene rings is 1. The fraction of sp³-hybridized carbons (Fsp3) is 0.500. The molecule has 0 fully saturated rings. The van der Waals surface area contributed by atoms with Crippen molar-refractivity contribution in [1.82, 2.24) is 9.88 Å². The lowest BCUT2D eigenvalue weighted by Gasteiger charge is -2.23. The number of nitrogens with one attached hydrogen (secondary N) is 1. The minimum atomic E-state index is -0.222. The van der Waals surface area contributed by atoms with Gasteiger partial charge in [-0.15, -0.1) is 0 Å². The molecule has 22 heavy (non-hydrogen) atoms. The second-order valence-corrected chi connectivity index (χ2v) is 7.26. The van der Waals surface area contributed by atoms with Gasteiger partial charge in [-0.1, -0.05) is 20.8 Å². The summed E-state index contributed by atoms with van der Waals surface area (Å²) in [7, 11) is 4.08. The van der Waals surface area contributed by atoms with Crippen LogP contribution in [0.15, 0.2) is 21.2 Å². The highest BCUT2D eigenvalue weighted by atomic mass is 32.1. The van der Waals surface area contributed by atoms with Crippen molar-refractivity contribution in [3.8, 4) is 6.07 Å². The fourth-order valence-electron chi connectivity index (χ4n) is 2.09. The standard InChI is InChI=1S/C16H22N4OS/c1-16(2,3)15-19-12(8-17)14(21-15)18-9-13(20(4)5)11-6-7-22-10-11/h6-7,10,13,18H,9H2,1-5H3. The SMILES string of the molecule is CN(C)C(CNc1oc(C(C)(C)C)nc1C#N)c1ccsc1. The van der Waals surface area contributed by atoms with Crippen LogP contribution >= 0.6 is 11.3 Å². The van der Waals surface area contributed by atoms with Crippen LogP contribution in [-0.4, -0.2) is 30.5 Å². The van der Waals surface area contributed by atoms with Crippen molar-refractivity contribution in [2.24, 2.45) is 0 Å². The van der Waals surface area contributed by atoms with Crippen LogP contribution in [0.1, 0.15) is 44.0 Å². The first-order valence-electron chi connectivity index (χ1n) is 7.16. The molecule has 2 aromatic rings. The molecule has 2 rings (SSSR count). The number of aromatic nitrogens is 1. The van der Waals surface area contributed by atoms with Gasteiger partial charge in [0.1, 0.15) is 6.07 Å². The zero-order chi connectivity index (χ0) is 16.3. The maximum atomic E-state index is 9.23. The second-order valence-electron chi connectivity index (χ2n) is 6.48. The van der Waals surface area contributed by atoms with Gasteiger partial charge in [-0.2, -0.15) is 21.6 Å². The molecule has 1 atom stereocenters. The van der Waals surface area contributed by atoms with Crippen LogP contribution in [0, 0.1) is 11.3 Å². The van der Waals surface area contributed by atoms with Crippen LogP contribution in [0.5, 0.6) is 0 Å². The van der Waals surface area contributed by atoms with E-state index in [-0.39, 0.29) is 11.5 Å². The number of oxazole rings is 1. The van der Waals surface area contributed by atoms with E-state index in [1.54, 1.807) is 11.3 Å². The minimum absolute atomic E-state index is 0.209. The molecule has 0 amide bonds. The number of hydrogen-bond acceptors (Lipinski definition) is 6. The molecule has 0 radical (unpaired) electrons. The molecule has 1 N–H and O–H groups in total. The molecule has 0 spiro atoms. The number of likely N-dealkylation sites (N-methyl/N-ethyl adjacent to an activating group) is 1. The number of rotatable bonds is 5. The average molecular weight is 318 g/mol. The number of nitrogens with zero attached hydrogens (tertiary/aromatic N) is 3. The van der Waals surface area contributed by atoms with Crippen LogP contribution < -0.4 is 5.32 Å². The lowest BCUT2D eigenvalue weighted by atomic mass is 9.97. The van der Waals surface area contributed by atoms with Gasteiger partial charge in [-0.05, 0) is 36.5 Å². The van der Waals surface area contributed by atoms with Gasteiger partial charge in [0.15, 0.2) is 0 Å². The van der Waals surface area contributed by atoms with E-state index in [9.17, 15) is 5.26 Å². The second kappa shape index (κ2) is 6.51. The number of nitriles is 1. The van der Waals surface area contributed by atoms with E-state index in [0.717, 1.165) is 0 Å². The van der Waals surface area contributed by atoms with Crippen LogP contribution in [-0.2, 0) is 5.41 Å². The van der Waals surface area contributed by atoms with Gasteiger partial charge in [0.2, 0.25) is 17.5 Å². The molecule has 0 saturated heterocycles. The van der Waals surface area contributed by atoms with Crippen LogP contribution in [0.4, 0.5) is 5.88 Å². The smallest absolute Gasteiger partial charge is 0.232 e. The lowest BCUT2D eigenvalue weighted by Crippen LogP contribution is -2.26. The quantitative estimate of drug-likeness (QED) is 0.912. The first kappa shape index (κ1) is 16.5. The fourth-order valence-corrected chi connectivity index (χ4v) is 2.80. The van der Waals surface area contributed by atoms with E-state index in [4.69, 9.17) is 4.42 Å². The molecule has 0 aliphatic carbocycles.